The molecule has 1 heterocycles. The summed E-state index contributed by atoms with van der Waals surface area (Å²) in [6, 6.07) is 6.79. The fraction of sp³-hybridized carbons (Fsp3) is 0.250. The van der Waals surface area contributed by atoms with Crippen molar-refractivity contribution in [2.24, 2.45) is 0 Å². The van der Waals surface area contributed by atoms with Crippen LogP contribution in [0.1, 0.15) is 16.1 Å². The molecule has 0 spiro atoms. The van der Waals surface area contributed by atoms with Crippen LogP contribution in [0.4, 0.5) is 18.3 Å². The second-order valence-electron chi connectivity index (χ2n) is 4.10. The Hall–Kier alpha value is -2.16. The number of benzene rings is 1. The van der Waals surface area contributed by atoms with Crippen LogP contribution in [0, 0.1) is 0 Å². The van der Waals surface area contributed by atoms with E-state index >= 15 is 0 Å². The van der Waals surface area contributed by atoms with Crippen LogP contribution >= 0.6 is 11.3 Å². The predicted molar refractivity (Wildman–Crippen MR) is 70.0 cm³/mol. The quantitative estimate of drug-likeness (QED) is 0.887. The van der Waals surface area contributed by atoms with Crippen molar-refractivity contribution < 1.29 is 23.1 Å². The van der Waals surface area contributed by atoms with E-state index in [4.69, 9.17) is 5.11 Å². The van der Waals surface area contributed by atoms with Crippen LogP contribution in [0.5, 0.6) is 0 Å². The Morgan fingerprint density at radius 2 is 1.90 bits per heavy atom. The summed E-state index contributed by atoms with van der Waals surface area (Å²) < 4.78 is 37.2. The highest BCUT2D eigenvalue weighted by molar-refractivity contribution is 7.15. The molecule has 0 saturated heterocycles. The van der Waals surface area contributed by atoms with Crippen LogP contribution in [0.25, 0.3) is 0 Å². The van der Waals surface area contributed by atoms with E-state index in [0.29, 0.717) is 22.5 Å². The summed E-state index contributed by atoms with van der Waals surface area (Å²) >= 11 is 0.404. The van der Waals surface area contributed by atoms with Crippen molar-refractivity contribution in [1.82, 2.24) is 10.2 Å². The molecule has 0 aliphatic rings. The van der Waals surface area contributed by atoms with Gasteiger partial charge in [0, 0.05) is 6.54 Å². The Bertz CT molecular complexity index is 643. The first-order valence-corrected chi connectivity index (χ1v) is 6.61. The normalized spacial score (nSPS) is 11.4. The number of nitrogens with one attached hydrogen (secondary N) is 1. The van der Waals surface area contributed by atoms with Gasteiger partial charge in [0.25, 0.3) is 0 Å². The summed E-state index contributed by atoms with van der Waals surface area (Å²) in [6.45, 7) is 0.177. The number of carbonyl (C=O) groups is 1. The Morgan fingerprint density at radius 3 is 2.48 bits per heavy atom. The first-order chi connectivity index (χ1) is 9.86. The van der Waals surface area contributed by atoms with Crippen molar-refractivity contribution in [3.05, 3.63) is 40.4 Å². The number of hydrogen-bond donors (Lipinski definition) is 2. The molecule has 2 N–H and O–H groups in total. The number of aliphatic carboxylic acids is 1. The van der Waals surface area contributed by atoms with E-state index in [1.807, 2.05) is 0 Å². The third kappa shape index (κ3) is 4.15. The van der Waals surface area contributed by atoms with Gasteiger partial charge in [-0.1, -0.05) is 35.6 Å². The molecule has 2 aromatic rings. The van der Waals surface area contributed by atoms with Crippen molar-refractivity contribution in [2.45, 2.75) is 19.1 Å². The lowest BCUT2D eigenvalue weighted by molar-refractivity contribution is -0.138. The number of carboxylic acid groups (broad SMARTS) is 1. The minimum Gasteiger partial charge on any atom is -0.481 e. The Labute approximate surface area is 121 Å². The van der Waals surface area contributed by atoms with E-state index in [2.05, 4.69) is 15.5 Å². The van der Waals surface area contributed by atoms with Gasteiger partial charge in [-0.25, -0.2) is 0 Å². The highest BCUT2D eigenvalue weighted by Gasteiger charge is 2.35. The second kappa shape index (κ2) is 6.08. The van der Waals surface area contributed by atoms with Crippen LogP contribution in [0.2, 0.25) is 0 Å². The molecular weight excluding hydrogens is 307 g/mol. The minimum atomic E-state index is -4.52. The molecule has 0 aliphatic heterocycles. The highest BCUT2D eigenvalue weighted by Crippen LogP contribution is 2.33. The average Bonchev–Trinajstić information content (AvgIpc) is 2.86. The smallest absolute Gasteiger partial charge is 0.445 e. The molecule has 1 aromatic carbocycles. The number of alkyl halides is 3. The lowest BCUT2D eigenvalue weighted by Gasteiger charge is -2.07. The third-order valence-corrected chi connectivity index (χ3v) is 3.48. The molecule has 0 bridgehead atoms. The topological polar surface area (TPSA) is 75.1 Å². The Balaban J connectivity index is 2.06. The molecule has 1 aromatic heterocycles. The maximum Gasteiger partial charge on any atom is 0.445 e. The van der Waals surface area contributed by atoms with Crippen LogP contribution in [-0.4, -0.2) is 21.3 Å². The van der Waals surface area contributed by atoms with Crippen molar-refractivity contribution in [3.63, 3.8) is 0 Å². The van der Waals surface area contributed by atoms with Gasteiger partial charge in [0.1, 0.15) is 0 Å². The molecule has 0 saturated carbocycles. The Morgan fingerprint density at radius 1 is 1.24 bits per heavy atom. The summed E-state index contributed by atoms with van der Waals surface area (Å²) in [7, 11) is 0. The summed E-state index contributed by atoms with van der Waals surface area (Å²) in [4.78, 5) is 10.7. The molecule has 0 fully saturated rings. The zero-order valence-electron chi connectivity index (χ0n) is 10.5. The SMILES string of the molecule is O=C(O)Cc1ccccc1CNc1nnc(C(F)(F)F)s1. The monoisotopic (exact) mass is 317 g/mol. The van der Waals surface area contributed by atoms with Gasteiger partial charge >= 0.3 is 12.1 Å². The van der Waals surface area contributed by atoms with Crippen LogP contribution < -0.4 is 5.32 Å². The molecule has 0 atom stereocenters. The van der Waals surface area contributed by atoms with E-state index in [9.17, 15) is 18.0 Å². The standard InChI is InChI=1S/C12H10F3N3O2S/c13-12(14,15)10-17-18-11(21-10)16-6-8-4-2-1-3-7(8)5-9(19)20/h1-4H,5-6H2,(H,16,18)(H,19,20). The molecule has 9 heteroatoms. The van der Waals surface area contributed by atoms with Gasteiger partial charge in [0.2, 0.25) is 10.1 Å². The molecule has 112 valence electrons. The van der Waals surface area contributed by atoms with Gasteiger partial charge in [-0.05, 0) is 11.1 Å². The number of carboxylic acids is 1. The number of nitrogens with zero attached hydrogens (tertiary/aromatic N) is 2. The van der Waals surface area contributed by atoms with Gasteiger partial charge in [-0.3, -0.25) is 4.79 Å². The van der Waals surface area contributed by atoms with Gasteiger partial charge in [-0.15, -0.1) is 10.2 Å². The van der Waals surface area contributed by atoms with E-state index in [1.54, 1.807) is 24.3 Å². The lowest BCUT2D eigenvalue weighted by atomic mass is 10.0. The Kier molecular flexibility index (Phi) is 4.41. The average molecular weight is 317 g/mol. The summed E-state index contributed by atoms with van der Waals surface area (Å²) in [5, 5.41) is 17.0. The fourth-order valence-corrected chi connectivity index (χ4v) is 2.25. The van der Waals surface area contributed by atoms with Gasteiger partial charge in [0.15, 0.2) is 0 Å². The molecule has 5 nitrogen and oxygen atoms in total. The molecule has 2 rings (SSSR count). The molecule has 0 amide bonds. The third-order valence-electron chi connectivity index (χ3n) is 2.56. The summed E-state index contributed by atoms with van der Waals surface area (Å²) in [5.41, 5.74) is 1.28. The van der Waals surface area contributed by atoms with Crippen molar-refractivity contribution >= 4 is 22.4 Å². The number of halogens is 3. The van der Waals surface area contributed by atoms with Crippen LogP contribution in [-0.2, 0) is 23.9 Å². The largest absolute Gasteiger partial charge is 0.481 e. The molecule has 0 radical (unpaired) electrons. The number of aromatic nitrogens is 2. The molecular formula is C12H10F3N3O2S. The zero-order valence-corrected chi connectivity index (χ0v) is 11.3. The lowest BCUT2D eigenvalue weighted by Crippen LogP contribution is -2.07. The van der Waals surface area contributed by atoms with E-state index < -0.39 is 17.2 Å². The van der Waals surface area contributed by atoms with Gasteiger partial charge < -0.3 is 10.4 Å². The maximum absolute atomic E-state index is 12.4. The summed E-state index contributed by atoms with van der Waals surface area (Å²) in [5.74, 6) is -0.974. The fourth-order valence-electron chi connectivity index (χ4n) is 1.65. The van der Waals surface area contributed by atoms with E-state index in [1.165, 1.54) is 0 Å². The van der Waals surface area contributed by atoms with Crippen molar-refractivity contribution in [3.8, 4) is 0 Å². The first kappa shape index (κ1) is 15.2. The zero-order chi connectivity index (χ0) is 15.5. The predicted octanol–water partition coefficient (Wildman–Crippen LogP) is 2.80. The molecule has 21 heavy (non-hydrogen) atoms. The number of rotatable bonds is 5. The van der Waals surface area contributed by atoms with Gasteiger partial charge in [0.05, 0.1) is 6.42 Å². The van der Waals surface area contributed by atoms with Crippen LogP contribution in [0.3, 0.4) is 0 Å². The van der Waals surface area contributed by atoms with Crippen LogP contribution in [0.15, 0.2) is 24.3 Å². The van der Waals surface area contributed by atoms with Crippen molar-refractivity contribution in [1.29, 1.82) is 0 Å². The summed E-state index contributed by atoms with van der Waals surface area (Å²) in [6.07, 6.45) is -4.67. The van der Waals surface area contributed by atoms with E-state index in [-0.39, 0.29) is 18.1 Å². The number of hydrogen-bond acceptors (Lipinski definition) is 5. The minimum absolute atomic E-state index is 0.0347. The maximum atomic E-state index is 12.4. The van der Waals surface area contributed by atoms with Crippen molar-refractivity contribution in [2.75, 3.05) is 5.32 Å². The number of anilines is 1. The molecule has 0 aliphatic carbocycles. The van der Waals surface area contributed by atoms with Gasteiger partial charge in [-0.2, -0.15) is 13.2 Å². The first-order valence-electron chi connectivity index (χ1n) is 5.79. The molecule has 0 unspecified atom stereocenters. The second-order valence-corrected chi connectivity index (χ2v) is 5.08. The van der Waals surface area contributed by atoms with E-state index in [0.717, 1.165) is 0 Å². The highest BCUT2D eigenvalue weighted by atomic mass is 32.1.